The second-order valence-corrected chi connectivity index (χ2v) is 10.9. The number of nitrogens with zero attached hydrogens (tertiary/aromatic N) is 3. The van der Waals surface area contributed by atoms with E-state index in [1.165, 1.54) is 30.3 Å². The number of carbonyl (C=O) groups is 2. The molecule has 48 heavy (non-hydrogen) atoms. The van der Waals surface area contributed by atoms with E-state index in [-0.39, 0.29) is 171 Å². The minimum absolute atomic E-state index is 0. The van der Waals surface area contributed by atoms with Crippen LogP contribution in [0, 0.1) is 12.1 Å². The molecule has 4 aromatic rings. The molecule has 0 aromatic heterocycles. The molecule has 1 aliphatic carbocycles. The van der Waals surface area contributed by atoms with Gasteiger partial charge in [0, 0.05) is 28.4 Å². The molecule has 1 N–H and O–H groups in total. The molecule has 0 spiro atoms. The molecular formula is C27H13N4Na5O10S2. The van der Waals surface area contributed by atoms with Crippen LogP contribution in [0.1, 0.15) is 0 Å². The Morgan fingerprint density at radius 3 is 2.17 bits per heavy atom. The third-order valence-electron chi connectivity index (χ3n) is 5.93. The van der Waals surface area contributed by atoms with Gasteiger partial charge in [-0.3, -0.25) is 5.43 Å². The molecule has 5 rings (SSSR count). The van der Waals surface area contributed by atoms with Crippen LogP contribution < -0.4 is 163 Å². The molecule has 0 heterocycles. The zero-order valence-corrected chi connectivity index (χ0v) is 37.8. The van der Waals surface area contributed by atoms with E-state index >= 15 is 0 Å². The number of rotatable bonds is 8. The number of hydrogen-bond donors (Lipinski definition) is 1. The monoisotopic (exact) mass is 732 g/mol. The molecule has 0 amide bonds. The van der Waals surface area contributed by atoms with Crippen LogP contribution in [-0.4, -0.2) is 43.4 Å². The van der Waals surface area contributed by atoms with Gasteiger partial charge in [0.1, 0.15) is 21.6 Å². The van der Waals surface area contributed by atoms with Crippen LogP contribution >= 0.6 is 0 Å². The van der Waals surface area contributed by atoms with E-state index in [0.29, 0.717) is 27.6 Å². The zero-order chi connectivity index (χ0) is 30.9. The van der Waals surface area contributed by atoms with E-state index in [1.807, 2.05) is 6.08 Å². The van der Waals surface area contributed by atoms with Crippen molar-refractivity contribution in [2.24, 2.45) is 15.3 Å². The molecule has 0 bridgehead atoms. The van der Waals surface area contributed by atoms with Gasteiger partial charge < -0.3 is 28.0 Å². The van der Waals surface area contributed by atoms with Gasteiger partial charge in [-0.2, -0.15) is 41.5 Å². The summed E-state index contributed by atoms with van der Waals surface area (Å²) in [5.41, 5.74) is 0.855. The predicted octanol–water partition coefficient (Wildman–Crippen LogP) is -12.7. The van der Waals surface area contributed by atoms with Crippen molar-refractivity contribution in [2.75, 3.05) is 5.43 Å². The molecule has 0 saturated carbocycles. The third-order valence-corrected chi connectivity index (χ3v) is 7.13. The van der Waals surface area contributed by atoms with Crippen LogP contribution in [0.2, 0.25) is 0 Å². The van der Waals surface area contributed by atoms with E-state index in [2.05, 4.69) is 31.0 Å². The molecule has 218 valence electrons. The average molecular weight is 733 g/mol. The first-order valence-electron chi connectivity index (χ1n) is 11.7. The van der Waals surface area contributed by atoms with Crippen LogP contribution in [0.25, 0.3) is 21.5 Å². The van der Waals surface area contributed by atoms with Crippen LogP contribution in [-0.2, 0) is 30.1 Å². The van der Waals surface area contributed by atoms with Gasteiger partial charge in [0.2, 0.25) is 0 Å². The molecule has 4 aromatic carbocycles. The summed E-state index contributed by atoms with van der Waals surface area (Å²) < 4.78 is 73.5. The number of ketones is 1. The number of azo groups is 1. The number of anilines is 1. The summed E-state index contributed by atoms with van der Waals surface area (Å²) in [6.07, 6.45) is 2.48. The summed E-state index contributed by atoms with van der Waals surface area (Å²) >= 11 is 0. The number of aliphatic carboxylic acids is 1. The quantitative estimate of drug-likeness (QED) is 0.0261. The molecule has 0 unspecified atom stereocenters. The van der Waals surface area contributed by atoms with Crippen molar-refractivity contribution in [1.82, 2.24) is 0 Å². The zero-order valence-electron chi connectivity index (χ0n) is 26.2. The molecule has 1 aliphatic rings. The Morgan fingerprint density at radius 2 is 1.52 bits per heavy atom. The van der Waals surface area contributed by atoms with Gasteiger partial charge >= 0.3 is 148 Å². The smallest absolute Gasteiger partial charge is 0.746 e. The van der Waals surface area contributed by atoms with Gasteiger partial charge in [-0.25, -0.2) is 21.9 Å². The largest absolute Gasteiger partial charge is 1.00 e. The van der Waals surface area contributed by atoms with Crippen molar-refractivity contribution in [3.63, 3.8) is 0 Å². The molecule has 0 aliphatic heterocycles. The number of carbonyl (C=O) groups excluding carboxylic acids is 2. The molecule has 14 nitrogen and oxygen atoms in total. The summed E-state index contributed by atoms with van der Waals surface area (Å²) in [5, 5.41) is 25.2. The van der Waals surface area contributed by atoms with Gasteiger partial charge in [-0.15, -0.1) is 10.5 Å². The summed E-state index contributed by atoms with van der Waals surface area (Å²) in [6, 6.07) is 19.8. The number of hydrogen-bond acceptors (Lipinski definition) is 14. The Balaban J connectivity index is 0.00000442. The molecule has 0 saturated heterocycles. The topological polar surface area (TPSA) is 230 Å². The van der Waals surface area contributed by atoms with Crippen LogP contribution in [0.4, 0.5) is 17.1 Å². The number of allylic oxidation sites excluding steroid dienone is 3. The van der Waals surface area contributed by atoms with Gasteiger partial charge in [-0.05, 0) is 28.5 Å². The van der Waals surface area contributed by atoms with Gasteiger partial charge in [0.15, 0.2) is 5.75 Å². The van der Waals surface area contributed by atoms with Crippen molar-refractivity contribution in [2.45, 2.75) is 0 Å². The van der Waals surface area contributed by atoms with Gasteiger partial charge in [-0.1, -0.05) is 41.3 Å². The predicted molar refractivity (Wildman–Crippen MR) is 147 cm³/mol. The Hall–Kier alpha value is -0.290. The van der Waals surface area contributed by atoms with Gasteiger partial charge in [0.25, 0.3) is 10.4 Å². The number of fused-ring (bicyclic) bond motifs is 2. The maximum atomic E-state index is 12.6. The van der Waals surface area contributed by atoms with E-state index in [4.69, 9.17) is 0 Å². The Bertz CT molecular complexity index is 2210. The summed E-state index contributed by atoms with van der Waals surface area (Å²) in [6.45, 7) is 0. The third kappa shape index (κ3) is 11.4. The fraction of sp³-hybridized carbons (Fsp3) is 0. The fourth-order valence-electron chi connectivity index (χ4n) is 4.09. The summed E-state index contributed by atoms with van der Waals surface area (Å²) in [7, 11) is -10.4. The Morgan fingerprint density at radius 1 is 0.833 bits per heavy atom. The number of carboxylic acids is 1. The van der Waals surface area contributed by atoms with Crippen molar-refractivity contribution in [3.8, 4) is 5.75 Å². The normalized spacial score (nSPS) is 13.5. The van der Waals surface area contributed by atoms with Crippen LogP contribution in [0.5, 0.6) is 5.75 Å². The van der Waals surface area contributed by atoms with Crippen molar-refractivity contribution in [3.05, 3.63) is 95.4 Å². The fourth-order valence-corrected chi connectivity index (χ4v) is 5.02. The first-order chi connectivity index (χ1) is 20.3. The molecule has 0 fully saturated rings. The van der Waals surface area contributed by atoms with E-state index < -0.39 is 48.5 Å². The first-order valence-corrected chi connectivity index (χ1v) is 14.5. The molecule has 0 atom stereocenters. The van der Waals surface area contributed by atoms with Gasteiger partial charge in [0.05, 0.1) is 0 Å². The van der Waals surface area contributed by atoms with E-state index in [0.717, 1.165) is 0 Å². The maximum Gasteiger partial charge on any atom is 1.00 e. The number of nitrogens with one attached hydrogen (secondary N) is 1. The summed E-state index contributed by atoms with van der Waals surface area (Å²) in [5.74, 6) is -3.65. The Labute approximate surface area is 385 Å². The Kier molecular flexibility index (Phi) is 20.0. The maximum absolute atomic E-state index is 12.6. The number of benzene rings is 4. The average Bonchev–Trinajstić information content (AvgIpc) is 2.94. The second-order valence-electron chi connectivity index (χ2n) is 8.60. The second kappa shape index (κ2) is 20.1. The molecule has 0 radical (unpaired) electrons. The van der Waals surface area contributed by atoms with Crippen LogP contribution in [0.3, 0.4) is 0 Å². The molecule has 21 heteroatoms. The number of carboxylic acid groups (broad SMARTS) is 1. The minimum atomic E-state index is -5.27. The van der Waals surface area contributed by atoms with E-state index in [1.54, 1.807) is 36.4 Å². The van der Waals surface area contributed by atoms with Crippen LogP contribution in [0.15, 0.2) is 98.6 Å². The van der Waals surface area contributed by atoms with Crippen molar-refractivity contribution in [1.29, 1.82) is 0 Å². The SMILES string of the molecule is O=C([O-])C1=C[C-]=C(S(=O)(=O)[O-])/C(=N\Nc2ccc(N=Nc3c(OS(=O)(=O)[O-])ccc4ccccc34)c3c[c-]ccc23)C1=O.[Na+].[Na+].[Na+].[Na+].[Na+]. The summed E-state index contributed by atoms with van der Waals surface area (Å²) in [4.78, 5) is 22.7. The number of Topliss-reactive ketones (excluding diaryl/α,β-unsaturated/α-hetero) is 1. The molecular weight excluding hydrogens is 719 g/mol. The first kappa shape index (κ1) is 47.7. The standard InChI is InChI=1S/C27H16N4O10S2.5Na/c32-26-19(27(33)34)10-14-23(42(35,36)37)25(26)31-29-21-12-11-20(17-7-3-4-8-18(17)21)28-30-24-16-6-2-1-5-15(16)9-13-22(24)41-43(38,39)40;;;;;/h1-2,4-13,29H,(H,33,34)(H,35,36,37)(H,38,39,40);;;;;/q-2;5*+1/p-3/b30-28?,31-25+;;;;;. The minimum Gasteiger partial charge on any atom is -0.746 e. The van der Waals surface area contributed by atoms with Crippen molar-refractivity contribution < 1.29 is 193 Å². The number of hydrazone groups is 1. The van der Waals surface area contributed by atoms with Crippen molar-refractivity contribution >= 4 is 76.6 Å². The van der Waals surface area contributed by atoms with E-state index in [9.17, 15) is 40.6 Å².